The minimum atomic E-state index is 0.505. The Hall–Kier alpha value is -0.380. The first kappa shape index (κ1) is 14.0. The van der Waals surface area contributed by atoms with Gasteiger partial charge in [0.25, 0.3) is 0 Å². The third-order valence-corrected chi connectivity index (χ3v) is 5.35. The highest BCUT2D eigenvalue weighted by atomic mass is 32.1. The number of hydrogen-bond donors (Lipinski definition) is 1. The van der Waals surface area contributed by atoms with E-state index in [1.807, 2.05) is 11.3 Å². The molecule has 2 nitrogen and oxygen atoms in total. The van der Waals surface area contributed by atoms with Gasteiger partial charge in [-0.25, -0.2) is 0 Å². The highest BCUT2D eigenvalue weighted by Crippen LogP contribution is 2.32. The molecule has 1 aromatic heterocycles. The SMILES string of the molecule is CCN(C)CCNC(C)c1cc2c(s1)CCCC2. The van der Waals surface area contributed by atoms with E-state index in [-0.39, 0.29) is 0 Å². The highest BCUT2D eigenvalue weighted by Gasteiger charge is 2.16. The quantitative estimate of drug-likeness (QED) is 0.850. The molecule has 0 radical (unpaired) electrons. The molecule has 0 spiro atoms. The number of likely N-dealkylation sites (N-methyl/N-ethyl adjacent to an activating group) is 1. The minimum Gasteiger partial charge on any atom is -0.308 e. The molecule has 0 bridgehead atoms. The third kappa shape index (κ3) is 3.56. The fraction of sp³-hybridized carbons (Fsp3) is 0.733. The van der Waals surface area contributed by atoms with Gasteiger partial charge in [-0.05, 0) is 57.8 Å². The first-order valence-electron chi connectivity index (χ1n) is 7.24. The molecule has 102 valence electrons. The smallest absolute Gasteiger partial charge is 0.0386 e. The van der Waals surface area contributed by atoms with Crippen LogP contribution in [0.5, 0.6) is 0 Å². The molecule has 0 aliphatic heterocycles. The molecule has 1 atom stereocenters. The fourth-order valence-electron chi connectivity index (χ4n) is 2.46. The Bertz CT molecular complexity index is 349. The normalized spacial score (nSPS) is 16.9. The van der Waals surface area contributed by atoms with Crippen molar-refractivity contribution in [2.24, 2.45) is 0 Å². The van der Waals surface area contributed by atoms with Crippen LogP contribution in [0.15, 0.2) is 6.07 Å². The number of rotatable bonds is 6. The maximum Gasteiger partial charge on any atom is 0.0386 e. The summed E-state index contributed by atoms with van der Waals surface area (Å²) in [5.41, 5.74) is 1.63. The van der Waals surface area contributed by atoms with Crippen LogP contribution in [0.4, 0.5) is 0 Å². The van der Waals surface area contributed by atoms with Crippen molar-refractivity contribution in [2.75, 3.05) is 26.7 Å². The molecule has 1 aliphatic carbocycles. The van der Waals surface area contributed by atoms with E-state index in [4.69, 9.17) is 0 Å². The van der Waals surface area contributed by atoms with Gasteiger partial charge in [-0.15, -0.1) is 11.3 Å². The zero-order chi connectivity index (χ0) is 13.0. The monoisotopic (exact) mass is 266 g/mol. The van der Waals surface area contributed by atoms with E-state index < -0.39 is 0 Å². The number of hydrogen-bond acceptors (Lipinski definition) is 3. The van der Waals surface area contributed by atoms with E-state index in [2.05, 4.69) is 37.2 Å². The molecule has 0 saturated carbocycles. The molecule has 1 heterocycles. The molecule has 0 fully saturated rings. The second-order valence-electron chi connectivity index (χ2n) is 5.38. The number of nitrogens with one attached hydrogen (secondary N) is 1. The van der Waals surface area contributed by atoms with Gasteiger partial charge in [0.1, 0.15) is 0 Å². The first-order valence-corrected chi connectivity index (χ1v) is 8.05. The third-order valence-electron chi connectivity index (χ3n) is 3.93. The van der Waals surface area contributed by atoms with Gasteiger partial charge in [-0.1, -0.05) is 6.92 Å². The van der Waals surface area contributed by atoms with Gasteiger partial charge in [-0.3, -0.25) is 0 Å². The van der Waals surface area contributed by atoms with E-state index in [9.17, 15) is 0 Å². The highest BCUT2D eigenvalue weighted by molar-refractivity contribution is 7.12. The summed E-state index contributed by atoms with van der Waals surface area (Å²) in [6.07, 6.45) is 5.38. The zero-order valence-corrected chi connectivity index (χ0v) is 12.8. The van der Waals surface area contributed by atoms with Crippen molar-refractivity contribution in [3.05, 3.63) is 21.4 Å². The standard InChI is InChI=1S/C15H26N2S/c1-4-17(3)10-9-16-12(2)15-11-13-7-5-6-8-14(13)18-15/h11-12,16H,4-10H2,1-3H3. The minimum absolute atomic E-state index is 0.505. The lowest BCUT2D eigenvalue weighted by molar-refractivity contribution is 0.343. The molecule has 18 heavy (non-hydrogen) atoms. The maximum atomic E-state index is 3.64. The average Bonchev–Trinajstić information content (AvgIpc) is 2.82. The maximum absolute atomic E-state index is 3.64. The van der Waals surface area contributed by atoms with Gasteiger partial charge in [-0.2, -0.15) is 0 Å². The van der Waals surface area contributed by atoms with Crippen molar-refractivity contribution >= 4 is 11.3 Å². The lowest BCUT2D eigenvalue weighted by Crippen LogP contribution is -2.30. The Balaban J connectivity index is 1.85. The number of fused-ring (bicyclic) bond motifs is 1. The predicted molar refractivity (Wildman–Crippen MR) is 80.5 cm³/mol. The molecule has 2 rings (SSSR count). The second kappa shape index (κ2) is 6.69. The van der Waals surface area contributed by atoms with Gasteiger partial charge in [0, 0.05) is 28.9 Å². The van der Waals surface area contributed by atoms with Crippen LogP contribution >= 0.6 is 11.3 Å². The van der Waals surface area contributed by atoms with Crippen LogP contribution in [0.1, 0.15) is 48.0 Å². The summed E-state index contributed by atoms with van der Waals surface area (Å²) in [7, 11) is 2.18. The topological polar surface area (TPSA) is 15.3 Å². The first-order chi connectivity index (χ1) is 8.70. The fourth-order valence-corrected chi connectivity index (χ4v) is 3.74. The van der Waals surface area contributed by atoms with E-state index in [1.165, 1.54) is 30.6 Å². The second-order valence-corrected chi connectivity index (χ2v) is 6.54. The van der Waals surface area contributed by atoms with Crippen LogP contribution < -0.4 is 5.32 Å². The summed E-state index contributed by atoms with van der Waals surface area (Å²) in [6.45, 7) is 7.84. The van der Waals surface area contributed by atoms with Gasteiger partial charge in [0.2, 0.25) is 0 Å². The van der Waals surface area contributed by atoms with Crippen molar-refractivity contribution in [2.45, 2.75) is 45.6 Å². The summed E-state index contributed by atoms with van der Waals surface area (Å²) in [5.74, 6) is 0. The van der Waals surface area contributed by atoms with Crippen LogP contribution in [0.25, 0.3) is 0 Å². The van der Waals surface area contributed by atoms with E-state index in [0.717, 1.165) is 19.6 Å². The Kier molecular flexibility index (Phi) is 5.22. The Morgan fingerprint density at radius 1 is 1.39 bits per heavy atom. The number of nitrogens with zero attached hydrogens (tertiary/aromatic N) is 1. The van der Waals surface area contributed by atoms with Gasteiger partial charge < -0.3 is 10.2 Å². The van der Waals surface area contributed by atoms with Gasteiger partial charge in [0.05, 0.1) is 0 Å². The Morgan fingerprint density at radius 2 is 2.17 bits per heavy atom. The van der Waals surface area contributed by atoms with E-state index in [0.29, 0.717) is 6.04 Å². The largest absolute Gasteiger partial charge is 0.308 e. The summed E-state index contributed by atoms with van der Waals surface area (Å²) >= 11 is 2.03. The van der Waals surface area contributed by atoms with E-state index in [1.54, 1.807) is 10.4 Å². The van der Waals surface area contributed by atoms with Crippen molar-refractivity contribution in [1.82, 2.24) is 10.2 Å². The molecule has 1 aliphatic rings. The van der Waals surface area contributed by atoms with E-state index >= 15 is 0 Å². The lowest BCUT2D eigenvalue weighted by Gasteiger charge is -2.17. The molecular formula is C15H26N2S. The zero-order valence-electron chi connectivity index (χ0n) is 12.0. The van der Waals surface area contributed by atoms with Crippen LogP contribution in [0.3, 0.4) is 0 Å². The molecule has 3 heteroatoms. The predicted octanol–water partition coefficient (Wildman–Crippen LogP) is 3.23. The van der Waals surface area contributed by atoms with Crippen LogP contribution in [-0.2, 0) is 12.8 Å². The van der Waals surface area contributed by atoms with Crippen molar-refractivity contribution in [3.8, 4) is 0 Å². The summed E-state index contributed by atoms with van der Waals surface area (Å²) < 4.78 is 0. The number of aryl methyl sites for hydroxylation is 2. The average molecular weight is 266 g/mol. The molecule has 1 N–H and O–H groups in total. The molecular weight excluding hydrogens is 240 g/mol. The van der Waals surface area contributed by atoms with Crippen molar-refractivity contribution in [1.29, 1.82) is 0 Å². The lowest BCUT2D eigenvalue weighted by atomic mass is 9.99. The van der Waals surface area contributed by atoms with Crippen molar-refractivity contribution < 1.29 is 0 Å². The molecule has 0 saturated heterocycles. The van der Waals surface area contributed by atoms with Crippen LogP contribution in [0.2, 0.25) is 0 Å². The summed E-state index contributed by atoms with van der Waals surface area (Å²) in [5, 5.41) is 3.64. The van der Waals surface area contributed by atoms with Crippen LogP contribution in [-0.4, -0.2) is 31.6 Å². The van der Waals surface area contributed by atoms with Gasteiger partial charge >= 0.3 is 0 Å². The molecule has 1 aromatic rings. The Labute approximate surface area is 115 Å². The summed E-state index contributed by atoms with van der Waals surface area (Å²) in [4.78, 5) is 5.52. The van der Waals surface area contributed by atoms with Gasteiger partial charge in [0.15, 0.2) is 0 Å². The molecule has 0 aromatic carbocycles. The Morgan fingerprint density at radius 3 is 2.89 bits per heavy atom. The molecule has 1 unspecified atom stereocenters. The summed E-state index contributed by atoms with van der Waals surface area (Å²) in [6, 6.07) is 2.95. The van der Waals surface area contributed by atoms with Crippen molar-refractivity contribution in [3.63, 3.8) is 0 Å². The number of thiophene rings is 1. The van der Waals surface area contributed by atoms with Crippen LogP contribution in [0, 0.1) is 0 Å². The molecule has 0 amide bonds.